The predicted molar refractivity (Wildman–Crippen MR) is 123 cm³/mol. The zero-order chi connectivity index (χ0) is 25.1. The van der Waals surface area contributed by atoms with Crippen LogP contribution in [0.25, 0.3) is 10.9 Å². The number of para-hydroxylation sites is 1. The molecule has 0 fully saturated rings. The minimum atomic E-state index is -2.01. The number of carboxylic acid groups (broad SMARTS) is 3. The average Bonchev–Trinajstić information content (AvgIpc) is 3.15. The Morgan fingerprint density at radius 1 is 0.912 bits per heavy atom. The van der Waals surface area contributed by atoms with Crippen molar-refractivity contribution in [3.05, 3.63) is 60.2 Å². The van der Waals surface area contributed by atoms with Crippen LogP contribution in [-0.2, 0) is 20.9 Å². The number of nitrogens with two attached hydrogens (primary N) is 2. The van der Waals surface area contributed by atoms with Crippen molar-refractivity contribution >= 4 is 28.8 Å². The van der Waals surface area contributed by atoms with Gasteiger partial charge in [0.05, 0.1) is 17.4 Å². The molecule has 7 N–H and O–H groups in total. The van der Waals surface area contributed by atoms with Gasteiger partial charge in [-0.05, 0) is 37.1 Å². The number of nitrogens with zero attached hydrogens (tertiary/aromatic N) is 2. The van der Waals surface area contributed by atoms with Gasteiger partial charge in [-0.25, -0.2) is 9.59 Å². The molecule has 11 heteroatoms. The maximum Gasteiger partial charge on any atom is 0.356 e. The molecular formula is C23H28N4O7. The molecule has 0 amide bonds. The van der Waals surface area contributed by atoms with E-state index in [0.717, 1.165) is 23.9 Å². The van der Waals surface area contributed by atoms with Gasteiger partial charge in [0, 0.05) is 0 Å². The van der Waals surface area contributed by atoms with E-state index in [0.29, 0.717) is 24.9 Å². The second kappa shape index (κ2) is 12.9. The highest BCUT2D eigenvalue weighted by Gasteiger charge is 2.30. The fourth-order valence-electron chi connectivity index (χ4n) is 3.01. The number of unbranched alkanes of at least 4 members (excludes halogenated alkanes) is 1. The Kier molecular flexibility index (Phi) is 9.99. The van der Waals surface area contributed by atoms with Crippen molar-refractivity contribution in [2.24, 2.45) is 11.5 Å². The Morgan fingerprint density at radius 3 is 2.12 bits per heavy atom. The Balaban J connectivity index is 0.000000347. The molecule has 3 rings (SSSR count). The Morgan fingerprint density at radius 2 is 1.53 bits per heavy atom. The maximum atomic E-state index is 11.0. The molecular weight excluding hydrogens is 444 g/mol. The van der Waals surface area contributed by atoms with Crippen molar-refractivity contribution in [3.63, 3.8) is 0 Å². The molecule has 1 aromatic heterocycles. The van der Waals surface area contributed by atoms with Crippen LogP contribution in [0, 0.1) is 0 Å². The quantitative estimate of drug-likeness (QED) is 0.202. The number of rotatable bonds is 11. The minimum Gasteiger partial charge on any atom is -0.480 e. The van der Waals surface area contributed by atoms with Gasteiger partial charge in [-0.2, -0.15) is 0 Å². The first-order chi connectivity index (χ1) is 16.2. The molecule has 3 aromatic rings. The monoisotopic (exact) mass is 472 g/mol. The van der Waals surface area contributed by atoms with Gasteiger partial charge in [0.25, 0.3) is 6.10 Å². The Hall–Kier alpha value is -3.96. The molecule has 0 spiro atoms. The number of carboxylic acids is 3. The Labute approximate surface area is 195 Å². The molecule has 34 heavy (non-hydrogen) atoms. The van der Waals surface area contributed by atoms with E-state index in [9.17, 15) is 14.4 Å². The lowest BCUT2D eigenvalue weighted by molar-refractivity contribution is -0.159. The van der Waals surface area contributed by atoms with Crippen LogP contribution in [0.15, 0.2) is 54.6 Å². The second-order valence-electron chi connectivity index (χ2n) is 7.37. The minimum absolute atomic E-state index is 0.0173. The lowest BCUT2D eigenvalue weighted by atomic mass is 10.1. The van der Waals surface area contributed by atoms with Crippen molar-refractivity contribution < 1.29 is 34.4 Å². The van der Waals surface area contributed by atoms with Crippen LogP contribution in [-0.4, -0.2) is 61.7 Å². The molecule has 1 atom stereocenters. The highest BCUT2D eigenvalue weighted by molar-refractivity contribution is 5.97. The standard InChI is InChI=1S/C17H14N2O5.C6H14N2O2/c20-16(21)14(17(22)23)24-15-12-8-4-5-9-13(12)19(18-15)10-11-6-2-1-3-7-11;7-4-2-1-3-5(8)6(9)10/h1-9,14H,10H2,(H,20,21)(H,22,23);5H,1-4,7-8H2,(H,9,10)/t;5-/m.0/s1. The normalized spacial score (nSPS) is 11.5. The first kappa shape index (κ1) is 26.3. The van der Waals surface area contributed by atoms with Crippen molar-refractivity contribution in [2.75, 3.05) is 6.54 Å². The third kappa shape index (κ3) is 7.57. The number of carbonyl (C=O) groups is 3. The van der Waals surface area contributed by atoms with E-state index in [-0.39, 0.29) is 5.88 Å². The van der Waals surface area contributed by atoms with Gasteiger partial charge in [0.2, 0.25) is 5.88 Å². The molecule has 0 bridgehead atoms. The molecule has 0 saturated heterocycles. The van der Waals surface area contributed by atoms with Crippen LogP contribution < -0.4 is 16.2 Å². The summed E-state index contributed by atoms with van der Waals surface area (Å²) < 4.78 is 6.79. The number of hydrogen-bond donors (Lipinski definition) is 5. The molecule has 2 aromatic carbocycles. The lowest BCUT2D eigenvalue weighted by Gasteiger charge is -2.08. The van der Waals surface area contributed by atoms with Crippen LogP contribution in [0.5, 0.6) is 5.88 Å². The van der Waals surface area contributed by atoms with E-state index in [2.05, 4.69) is 5.10 Å². The highest BCUT2D eigenvalue weighted by atomic mass is 16.5. The summed E-state index contributed by atoms with van der Waals surface area (Å²) in [6.07, 6.45) is 0.158. The third-order valence-corrected chi connectivity index (χ3v) is 4.76. The summed E-state index contributed by atoms with van der Waals surface area (Å²) in [5, 5.41) is 31.1. The summed E-state index contributed by atoms with van der Waals surface area (Å²) in [6, 6.07) is 16.0. The van der Waals surface area contributed by atoms with Crippen LogP contribution in [0.4, 0.5) is 0 Å². The number of ether oxygens (including phenoxy) is 1. The van der Waals surface area contributed by atoms with Gasteiger partial charge in [-0.3, -0.25) is 9.48 Å². The zero-order valence-electron chi connectivity index (χ0n) is 18.4. The summed E-state index contributed by atoms with van der Waals surface area (Å²) in [5.41, 5.74) is 12.2. The largest absolute Gasteiger partial charge is 0.480 e. The first-order valence-electron chi connectivity index (χ1n) is 10.5. The maximum absolute atomic E-state index is 11.0. The van der Waals surface area contributed by atoms with E-state index in [4.69, 9.17) is 31.5 Å². The van der Waals surface area contributed by atoms with Gasteiger partial charge in [0.15, 0.2) is 0 Å². The van der Waals surface area contributed by atoms with Crippen LogP contribution in [0.3, 0.4) is 0 Å². The fraction of sp³-hybridized carbons (Fsp3) is 0.304. The van der Waals surface area contributed by atoms with Gasteiger partial charge in [-0.1, -0.05) is 48.9 Å². The van der Waals surface area contributed by atoms with Crippen molar-refractivity contribution in [2.45, 2.75) is 38.0 Å². The second-order valence-corrected chi connectivity index (χ2v) is 7.37. The Bertz CT molecular complexity index is 1090. The van der Waals surface area contributed by atoms with Crippen molar-refractivity contribution in [3.8, 4) is 5.88 Å². The number of fused-ring (bicyclic) bond motifs is 1. The molecule has 0 aliphatic rings. The molecule has 182 valence electrons. The first-order valence-corrected chi connectivity index (χ1v) is 10.5. The average molecular weight is 472 g/mol. The molecule has 1 heterocycles. The topological polar surface area (TPSA) is 191 Å². The van der Waals surface area contributed by atoms with Gasteiger partial charge in [-0.15, -0.1) is 5.10 Å². The third-order valence-electron chi connectivity index (χ3n) is 4.76. The number of benzene rings is 2. The SMILES string of the molecule is NCCCC[C@H](N)C(=O)O.O=C(O)C(Oc1nn(Cc2ccccc2)c2ccccc12)C(=O)O. The molecule has 0 aliphatic heterocycles. The fourth-order valence-corrected chi connectivity index (χ4v) is 3.01. The van der Waals surface area contributed by atoms with Gasteiger partial charge < -0.3 is 31.5 Å². The summed E-state index contributed by atoms with van der Waals surface area (Å²) >= 11 is 0. The molecule has 0 saturated carbocycles. The number of hydrogen-bond acceptors (Lipinski definition) is 7. The van der Waals surface area contributed by atoms with E-state index >= 15 is 0 Å². The lowest BCUT2D eigenvalue weighted by Crippen LogP contribution is -2.35. The van der Waals surface area contributed by atoms with Crippen molar-refractivity contribution in [1.82, 2.24) is 9.78 Å². The molecule has 11 nitrogen and oxygen atoms in total. The summed E-state index contributed by atoms with van der Waals surface area (Å²) in [4.78, 5) is 32.2. The molecule has 0 unspecified atom stereocenters. The van der Waals surface area contributed by atoms with Crippen LogP contribution >= 0.6 is 0 Å². The van der Waals surface area contributed by atoms with E-state index in [1.165, 1.54) is 0 Å². The zero-order valence-corrected chi connectivity index (χ0v) is 18.4. The number of aliphatic carboxylic acids is 3. The summed E-state index contributed by atoms with van der Waals surface area (Å²) in [5.74, 6) is -4.11. The van der Waals surface area contributed by atoms with Gasteiger partial charge >= 0.3 is 17.9 Å². The van der Waals surface area contributed by atoms with Crippen LogP contribution in [0.1, 0.15) is 24.8 Å². The van der Waals surface area contributed by atoms with Gasteiger partial charge in [0.1, 0.15) is 6.04 Å². The molecule has 0 radical (unpaired) electrons. The van der Waals surface area contributed by atoms with Crippen LogP contribution in [0.2, 0.25) is 0 Å². The highest BCUT2D eigenvalue weighted by Crippen LogP contribution is 2.26. The number of aromatic nitrogens is 2. The van der Waals surface area contributed by atoms with E-state index < -0.39 is 30.1 Å². The predicted octanol–water partition coefficient (Wildman–Crippen LogP) is 1.53. The molecule has 0 aliphatic carbocycles. The smallest absolute Gasteiger partial charge is 0.356 e. The summed E-state index contributed by atoms with van der Waals surface area (Å²) in [6.45, 7) is 1.06. The van der Waals surface area contributed by atoms with Crippen molar-refractivity contribution in [1.29, 1.82) is 0 Å². The van der Waals surface area contributed by atoms with E-state index in [1.807, 2.05) is 42.5 Å². The van der Waals surface area contributed by atoms with E-state index in [1.54, 1.807) is 16.8 Å². The summed E-state index contributed by atoms with van der Waals surface area (Å²) in [7, 11) is 0.